The number of hydrogen-bond donors (Lipinski definition) is 0. The van der Waals surface area contributed by atoms with Gasteiger partial charge in [-0.15, -0.1) is 11.3 Å². The monoisotopic (exact) mass is 599 g/mol. The van der Waals surface area contributed by atoms with Crippen LogP contribution in [0.25, 0.3) is 16.9 Å². The van der Waals surface area contributed by atoms with Crippen molar-refractivity contribution in [3.63, 3.8) is 0 Å². The zero-order chi connectivity index (χ0) is 28.9. The molecule has 5 rings (SSSR count). The lowest BCUT2D eigenvalue weighted by molar-refractivity contribution is -0.142. The molecule has 7 nitrogen and oxygen atoms in total. The normalized spacial score (nSPS) is 15.8. The first-order valence-corrected chi connectivity index (χ1v) is 13.9. The first-order valence-electron chi connectivity index (χ1n) is 11.7. The molecule has 4 heterocycles. The number of sulfonamides is 1. The standard InChI is InChI=1S/C25H19F6N5O2S2/c1-34-11-13-35(14-12-34)40(37,38)21-8-6-18(39-21)5-7-19-22(16-3-2-4-17(15-16)24(26,27)28)33-36-20(25(29,30)31)9-10-32-23(19)36/h2-4,6,8-10,15H,11-14H2,1H3. The van der Waals surface area contributed by atoms with E-state index in [0.29, 0.717) is 36.8 Å². The van der Waals surface area contributed by atoms with Crippen molar-refractivity contribution in [3.8, 4) is 23.1 Å². The number of hydrogen-bond acceptors (Lipinski definition) is 6. The van der Waals surface area contributed by atoms with E-state index in [4.69, 9.17) is 0 Å². The number of piperazine rings is 1. The summed E-state index contributed by atoms with van der Waals surface area (Å²) in [7, 11) is -1.87. The van der Waals surface area contributed by atoms with E-state index in [-0.39, 0.29) is 31.6 Å². The van der Waals surface area contributed by atoms with Crippen LogP contribution in [0, 0.1) is 11.8 Å². The van der Waals surface area contributed by atoms with Gasteiger partial charge in [-0.05, 0) is 37.4 Å². The van der Waals surface area contributed by atoms with Crippen molar-refractivity contribution in [2.24, 2.45) is 0 Å². The fraction of sp³-hybridized carbons (Fsp3) is 0.280. The average molecular weight is 600 g/mol. The number of alkyl halides is 6. The van der Waals surface area contributed by atoms with Gasteiger partial charge in [0, 0.05) is 37.9 Å². The number of benzene rings is 1. The summed E-state index contributed by atoms with van der Waals surface area (Å²) in [5.74, 6) is 5.42. The van der Waals surface area contributed by atoms with Crippen LogP contribution in [-0.4, -0.2) is 65.4 Å². The summed E-state index contributed by atoms with van der Waals surface area (Å²) in [4.78, 5) is 6.26. The van der Waals surface area contributed by atoms with E-state index in [0.717, 1.165) is 35.7 Å². The van der Waals surface area contributed by atoms with Crippen LogP contribution in [0.4, 0.5) is 26.3 Å². The van der Waals surface area contributed by atoms with E-state index in [1.807, 2.05) is 11.9 Å². The maximum Gasteiger partial charge on any atom is 0.433 e. The highest BCUT2D eigenvalue weighted by atomic mass is 32.2. The minimum Gasteiger partial charge on any atom is -0.304 e. The fourth-order valence-corrected chi connectivity index (χ4v) is 6.86. The Morgan fingerprint density at radius 2 is 1.65 bits per heavy atom. The molecule has 1 saturated heterocycles. The van der Waals surface area contributed by atoms with Crippen LogP contribution in [0.3, 0.4) is 0 Å². The fourth-order valence-electron chi connectivity index (χ4n) is 4.13. The Morgan fingerprint density at radius 1 is 0.925 bits per heavy atom. The first kappa shape index (κ1) is 28.1. The lowest BCUT2D eigenvalue weighted by Crippen LogP contribution is -2.46. The summed E-state index contributed by atoms with van der Waals surface area (Å²) in [6.07, 6.45) is -8.62. The van der Waals surface area contributed by atoms with Crippen LogP contribution in [0.2, 0.25) is 0 Å². The Balaban J connectivity index is 1.60. The van der Waals surface area contributed by atoms with Gasteiger partial charge in [-0.1, -0.05) is 24.0 Å². The number of fused-ring (bicyclic) bond motifs is 1. The van der Waals surface area contributed by atoms with Gasteiger partial charge < -0.3 is 4.90 Å². The second-order valence-corrected chi connectivity index (χ2v) is 12.2. The maximum atomic E-state index is 13.7. The number of halogens is 6. The predicted molar refractivity (Wildman–Crippen MR) is 135 cm³/mol. The summed E-state index contributed by atoms with van der Waals surface area (Å²) in [5.41, 5.74) is -2.98. The Morgan fingerprint density at radius 3 is 2.33 bits per heavy atom. The summed E-state index contributed by atoms with van der Waals surface area (Å²) >= 11 is 0.883. The van der Waals surface area contributed by atoms with Gasteiger partial charge in [0.2, 0.25) is 0 Å². The van der Waals surface area contributed by atoms with E-state index in [1.165, 1.54) is 22.5 Å². The minimum atomic E-state index is -4.83. The number of aromatic nitrogens is 3. The van der Waals surface area contributed by atoms with Crippen molar-refractivity contribution in [2.75, 3.05) is 33.2 Å². The molecule has 1 aliphatic heterocycles. The van der Waals surface area contributed by atoms with Crippen molar-refractivity contribution in [3.05, 3.63) is 70.4 Å². The lowest BCUT2D eigenvalue weighted by Gasteiger charge is -2.31. The third-order valence-corrected chi connectivity index (χ3v) is 9.59. The van der Waals surface area contributed by atoms with E-state index in [1.54, 1.807) is 0 Å². The molecule has 0 N–H and O–H groups in total. The highest BCUT2D eigenvalue weighted by molar-refractivity contribution is 7.91. The quantitative estimate of drug-likeness (QED) is 0.249. The molecule has 4 aromatic rings. The third kappa shape index (κ3) is 5.44. The van der Waals surface area contributed by atoms with Gasteiger partial charge in [0.05, 0.1) is 16.0 Å². The smallest absolute Gasteiger partial charge is 0.304 e. The molecule has 0 atom stereocenters. The van der Waals surface area contributed by atoms with Crippen molar-refractivity contribution in [1.82, 2.24) is 23.8 Å². The number of rotatable bonds is 3. The van der Waals surface area contributed by atoms with E-state index < -0.39 is 33.6 Å². The topological polar surface area (TPSA) is 70.8 Å². The SMILES string of the molecule is CN1CCN(S(=O)(=O)c2ccc(C#Cc3c(-c4cccc(C(F)(F)F)c4)nn4c(C(F)(F)F)ccnc34)s2)CC1. The molecule has 0 amide bonds. The summed E-state index contributed by atoms with van der Waals surface area (Å²) in [6, 6.07) is 7.55. The zero-order valence-corrected chi connectivity index (χ0v) is 22.2. The van der Waals surface area contributed by atoms with Crippen LogP contribution in [0.1, 0.15) is 21.7 Å². The molecule has 0 aliphatic carbocycles. The van der Waals surface area contributed by atoms with Crippen LogP contribution in [0.15, 0.2) is 52.9 Å². The molecule has 0 saturated carbocycles. The third-order valence-electron chi connectivity index (χ3n) is 6.22. The average Bonchev–Trinajstić information content (AvgIpc) is 3.52. The van der Waals surface area contributed by atoms with Crippen LogP contribution >= 0.6 is 11.3 Å². The second-order valence-electron chi connectivity index (χ2n) is 8.94. The van der Waals surface area contributed by atoms with Crippen LogP contribution in [-0.2, 0) is 22.4 Å². The molecular formula is C25H19F6N5O2S2. The van der Waals surface area contributed by atoms with Gasteiger partial charge in [-0.25, -0.2) is 17.9 Å². The van der Waals surface area contributed by atoms with Crippen molar-refractivity contribution < 1.29 is 34.8 Å². The summed E-state index contributed by atoms with van der Waals surface area (Å²) in [5, 5.41) is 3.96. The number of likely N-dealkylation sites (N-methyl/N-ethyl adjacent to an activating group) is 1. The maximum absolute atomic E-state index is 13.7. The Bertz CT molecular complexity index is 1740. The van der Waals surface area contributed by atoms with Gasteiger partial charge in [-0.2, -0.15) is 35.7 Å². The molecule has 0 radical (unpaired) electrons. The Labute approximate surface area is 228 Å². The predicted octanol–water partition coefficient (Wildman–Crippen LogP) is 4.83. The molecule has 1 aliphatic rings. The van der Waals surface area contributed by atoms with E-state index in [9.17, 15) is 34.8 Å². The molecule has 15 heteroatoms. The first-order chi connectivity index (χ1) is 18.7. The molecule has 1 aromatic carbocycles. The molecule has 210 valence electrons. The molecule has 0 spiro atoms. The highest BCUT2D eigenvalue weighted by Gasteiger charge is 2.36. The van der Waals surface area contributed by atoms with E-state index >= 15 is 0 Å². The van der Waals surface area contributed by atoms with Gasteiger partial charge in [0.15, 0.2) is 5.65 Å². The lowest BCUT2D eigenvalue weighted by atomic mass is 10.0. The highest BCUT2D eigenvalue weighted by Crippen LogP contribution is 2.35. The second kappa shape index (κ2) is 10.2. The molecule has 40 heavy (non-hydrogen) atoms. The van der Waals surface area contributed by atoms with Crippen LogP contribution in [0.5, 0.6) is 0 Å². The molecule has 0 unspecified atom stereocenters. The minimum absolute atomic E-state index is 0.0526. The van der Waals surface area contributed by atoms with Gasteiger partial charge in [0.25, 0.3) is 10.0 Å². The summed E-state index contributed by atoms with van der Waals surface area (Å²) < 4.78 is 109. The summed E-state index contributed by atoms with van der Waals surface area (Å²) in [6.45, 7) is 1.82. The van der Waals surface area contributed by atoms with Gasteiger partial charge in [-0.3, -0.25) is 0 Å². The number of nitrogens with zero attached hydrogens (tertiary/aromatic N) is 5. The van der Waals surface area contributed by atoms with Gasteiger partial charge in [0.1, 0.15) is 15.6 Å². The molecule has 3 aromatic heterocycles. The van der Waals surface area contributed by atoms with E-state index in [2.05, 4.69) is 21.9 Å². The van der Waals surface area contributed by atoms with Crippen molar-refractivity contribution in [2.45, 2.75) is 16.6 Å². The van der Waals surface area contributed by atoms with Crippen LogP contribution < -0.4 is 0 Å². The molecular weight excluding hydrogens is 580 g/mol. The Hall–Kier alpha value is -3.45. The molecule has 0 bridgehead atoms. The molecule has 1 fully saturated rings. The number of thiophene rings is 1. The Kier molecular flexibility index (Phi) is 7.15. The zero-order valence-electron chi connectivity index (χ0n) is 20.6. The van der Waals surface area contributed by atoms with Gasteiger partial charge >= 0.3 is 12.4 Å². The largest absolute Gasteiger partial charge is 0.433 e. The van der Waals surface area contributed by atoms with Crippen molar-refractivity contribution >= 4 is 27.0 Å². The van der Waals surface area contributed by atoms with Crippen molar-refractivity contribution in [1.29, 1.82) is 0 Å².